The molecule has 1 aromatic carbocycles. The molecule has 2 aromatic rings. The fraction of sp³-hybridized carbons (Fsp3) is 0.231. The summed E-state index contributed by atoms with van der Waals surface area (Å²) in [6, 6.07) is 7.08. The number of benzene rings is 1. The molecule has 0 aliphatic heterocycles. The first-order valence-electron chi connectivity index (χ1n) is 6.32. The zero-order chi connectivity index (χ0) is 15.5. The quantitative estimate of drug-likeness (QED) is 0.774. The summed E-state index contributed by atoms with van der Waals surface area (Å²) < 4.78 is 28.4. The molecule has 0 radical (unpaired) electrons. The van der Waals surface area contributed by atoms with Crippen molar-refractivity contribution in [2.45, 2.75) is 25.0 Å². The van der Waals surface area contributed by atoms with Crippen molar-refractivity contribution in [3.63, 3.8) is 0 Å². The molecule has 2 rings (SSSR count). The summed E-state index contributed by atoms with van der Waals surface area (Å²) in [4.78, 5) is 4.20. The van der Waals surface area contributed by atoms with E-state index in [-0.39, 0.29) is 11.6 Å². The Balaban J connectivity index is 2.06. The number of hydrogen-bond donors (Lipinski definition) is 2. The van der Waals surface area contributed by atoms with Crippen LogP contribution in [0.15, 0.2) is 41.8 Å². The molecule has 112 valence electrons. The highest BCUT2D eigenvalue weighted by atomic mass is 32.2. The van der Waals surface area contributed by atoms with E-state index in [4.69, 9.17) is 18.0 Å². The van der Waals surface area contributed by atoms with Crippen LogP contribution in [0.1, 0.15) is 18.1 Å². The van der Waals surface area contributed by atoms with E-state index in [1.807, 2.05) is 6.92 Å². The maximum atomic E-state index is 12.1. The van der Waals surface area contributed by atoms with Crippen LogP contribution >= 0.6 is 12.2 Å². The summed E-state index contributed by atoms with van der Waals surface area (Å²) in [5, 5.41) is 0.0177. The molecule has 1 aromatic heterocycles. The van der Waals surface area contributed by atoms with Gasteiger partial charge < -0.3 is 10.3 Å². The van der Waals surface area contributed by atoms with Crippen LogP contribution in [0, 0.1) is 0 Å². The molecular weight excluding hydrogens is 308 g/mol. The summed E-state index contributed by atoms with van der Waals surface area (Å²) in [6.45, 7) is 2.76. The average molecular weight is 324 g/mol. The largest absolute Gasteiger partial charge is 0.389 e. The molecule has 3 N–H and O–H groups in total. The maximum Gasteiger partial charge on any atom is 0.259 e. The molecule has 0 fully saturated rings. The molecule has 0 aliphatic carbocycles. The van der Waals surface area contributed by atoms with E-state index in [2.05, 4.69) is 9.71 Å². The van der Waals surface area contributed by atoms with Gasteiger partial charge >= 0.3 is 0 Å². The molecular formula is C13H16N4O2S2. The smallest absolute Gasteiger partial charge is 0.259 e. The lowest BCUT2D eigenvalue weighted by atomic mass is 10.1. The van der Waals surface area contributed by atoms with Gasteiger partial charge in [-0.3, -0.25) is 0 Å². The molecule has 6 nitrogen and oxygen atoms in total. The second kappa shape index (κ2) is 6.33. The Morgan fingerprint density at radius 2 is 2.05 bits per heavy atom. The van der Waals surface area contributed by atoms with Gasteiger partial charge in [-0.05, 0) is 12.5 Å². The van der Waals surface area contributed by atoms with Crippen LogP contribution in [-0.2, 0) is 23.1 Å². The van der Waals surface area contributed by atoms with Gasteiger partial charge in [-0.2, -0.15) is 0 Å². The molecule has 0 amide bonds. The number of thiocarbonyl (C=S) groups is 1. The second-order valence-corrected chi connectivity index (χ2v) is 6.58. The molecule has 0 aliphatic rings. The van der Waals surface area contributed by atoms with E-state index in [1.165, 1.54) is 12.5 Å². The Kier molecular flexibility index (Phi) is 4.71. The summed E-state index contributed by atoms with van der Waals surface area (Å²) in [5.41, 5.74) is 7.07. The molecule has 0 unspecified atom stereocenters. The van der Waals surface area contributed by atoms with Gasteiger partial charge in [0.2, 0.25) is 0 Å². The predicted molar refractivity (Wildman–Crippen MR) is 84.3 cm³/mol. The minimum atomic E-state index is -3.61. The number of sulfonamides is 1. The van der Waals surface area contributed by atoms with E-state index in [0.717, 1.165) is 11.1 Å². The predicted octanol–water partition coefficient (Wildman–Crippen LogP) is 1.02. The van der Waals surface area contributed by atoms with Crippen molar-refractivity contribution in [3.05, 3.63) is 47.9 Å². The number of rotatable bonds is 6. The zero-order valence-electron chi connectivity index (χ0n) is 11.5. The van der Waals surface area contributed by atoms with Crippen molar-refractivity contribution in [2.75, 3.05) is 0 Å². The van der Waals surface area contributed by atoms with Crippen LogP contribution in [0.4, 0.5) is 0 Å². The summed E-state index contributed by atoms with van der Waals surface area (Å²) in [5.74, 6) is 0. The highest BCUT2D eigenvalue weighted by molar-refractivity contribution is 7.89. The number of hydrogen-bond acceptors (Lipinski definition) is 4. The Labute approximate surface area is 129 Å². The van der Waals surface area contributed by atoms with Crippen molar-refractivity contribution in [1.29, 1.82) is 0 Å². The molecule has 1 heterocycles. The third-order valence-corrected chi connectivity index (χ3v) is 4.48. The molecule has 8 heteroatoms. The van der Waals surface area contributed by atoms with Crippen molar-refractivity contribution < 1.29 is 8.42 Å². The number of aromatic nitrogens is 2. The van der Waals surface area contributed by atoms with Crippen LogP contribution in [-0.4, -0.2) is 23.0 Å². The Morgan fingerprint density at radius 1 is 1.38 bits per heavy atom. The van der Waals surface area contributed by atoms with Crippen molar-refractivity contribution in [3.8, 4) is 0 Å². The van der Waals surface area contributed by atoms with Gasteiger partial charge in [0, 0.05) is 24.8 Å². The average Bonchev–Trinajstić information content (AvgIpc) is 2.95. The Bertz CT molecular complexity index is 736. The fourth-order valence-electron chi connectivity index (χ4n) is 1.69. The van der Waals surface area contributed by atoms with E-state index >= 15 is 0 Å². The normalized spacial score (nSPS) is 11.5. The SMILES string of the molecule is CCn1cnc(S(=O)(=O)NCc2ccc(C(N)=S)cc2)c1. The minimum absolute atomic E-state index is 0.0177. The standard InChI is InChI=1S/C13H16N4O2S2/c1-2-17-8-12(15-9-17)21(18,19)16-7-10-3-5-11(6-4-10)13(14)20/h3-6,8-9,16H,2,7H2,1H3,(H2,14,20). The van der Waals surface area contributed by atoms with Crippen molar-refractivity contribution in [1.82, 2.24) is 14.3 Å². The van der Waals surface area contributed by atoms with Crippen LogP contribution < -0.4 is 10.5 Å². The highest BCUT2D eigenvalue weighted by Gasteiger charge is 2.16. The lowest BCUT2D eigenvalue weighted by molar-refractivity contribution is 0.578. The molecule has 0 saturated carbocycles. The van der Waals surface area contributed by atoms with Crippen LogP contribution in [0.2, 0.25) is 0 Å². The van der Waals surface area contributed by atoms with Crippen LogP contribution in [0.25, 0.3) is 0 Å². The maximum absolute atomic E-state index is 12.1. The Hall–Kier alpha value is -1.77. The van der Waals surface area contributed by atoms with Crippen LogP contribution in [0.3, 0.4) is 0 Å². The zero-order valence-corrected chi connectivity index (χ0v) is 13.1. The first-order valence-corrected chi connectivity index (χ1v) is 8.21. The Morgan fingerprint density at radius 3 is 2.57 bits per heavy atom. The van der Waals surface area contributed by atoms with E-state index in [9.17, 15) is 8.42 Å². The third kappa shape index (κ3) is 3.87. The lowest BCUT2D eigenvalue weighted by Gasteiger charge is -2.05. The van der Waals surface area contributed by atoms with E-state index in [0.29, 0.717) is 11.5 Å². The fourth-order valence-corrected chi connectivity index (χ4v) is 2.79. The van der Waals surface area contributed by atoms with Gasteiger partial charge in [-0.1, -0.05) is 36.5 Å². The van der Waals surface area contributed by atoms with Gasteiger partial charge in [-0.15, -0.1) is 0 Å². The summed E-state index contributed by atoms with van der Waals surface area (Å²) >= 11 is 4.86. The van der Waals surface area contributed by atoms with Gasteiger partial charge in [0.1, 0.15) is 4.99 Å². The second-order valence-electron chi connectivity index (χ2n) is 4.43. The number of nitrogens with zero attached hydrogens (tertiary/aromatic N) is 2. The van der Waals surface area contributed by atoms with E-state index < -0.39 is 10.0 Å². The molecule has 0 atom stereocenters. The lowest BCUT2D eigenvalue weighted by Crippen LogP contribution is -2.23. The number of nitrogens with one attached hydrogen (secondary N) is 1. The van der Waals surface area contributed by atoms with Crippen molar-refractivity contribution in [2.24, 2.45) is 5.73 Å². The molecule has 21 heavy (non-hydrogen) atoms. The molecule has 0 bridgehead atoms. The van der Waals surface area contributed by atoms with Gasteiger partial charge in [-0.25, -0.2) is 18.1 Å². The van der Waals surface area contributed by atoms with Gasteiger partial charge in [0.15, 0.2) is 5.03 Å². The van der Waals surface area contributed by atoms with Crippen molar-refractivity contribution >= 4 is 27.2 Å². The number of aryl methyl sites for hydroxylation is 1. The topological polar surface area (TPSA) is 90.0 Å². The first kappa shape index (κ1) is 15.6. The van der Waals surface area contributed by atoms with Gasteiger partial charge in [0.05, 0.1) is 6.33 Å². The molecule has 0 saturated heterocycles. The highest BCUT2D eigenvalue weighted by Crippen LogP contribution is 2.08. The number of imidazole rings is 1. The summed E-state index contributed by atoms with van der Waals surface area (Å²) in [7, 11) is -3.61. The first-order chi connectivity index (χ1) is 9.92. The van der Waals surface area contributed by atoms with Crippen LogP contribution in [0.5, 0.6) is 0 Å². The number of nitrogens with two attached hydrogens (primary N) is 1. The minimum Gasteiger partial charge on any atom is -0.389 e. The van der Waals surface area contributed by atoms with E-state index in [1.54, 1.807) is 28.8 Å². The summed E-state index contributed by atoms with van der Waals surface area (Å²) in [6.07, 6.45) is 2.99. The monoisotopic (exact) mass is 324 g/mol. The molecule has 0 spiro atoms. The van der Waals surface area contributed by atoms with Gasteiger partial charge in [0.25, 0.3) is 10.0 Å². The third-order valence-electron chi connectivity index (χ3n) is 2.95.